The van der Waals surface area contributed by atoms with Crippen LogP contribution in [-0.4, -0.2) is 28.6 Å². The molecule has 3 rings (SSSR count). The number of rotatable bonds is 4. The standard InChI is InChI=1S/C20H21N5O2/c1-12-9-10-14(19(26)22-3)11-16(12)23-20(27)17-13(2)24-25(18(17)21)15-7-5-4-6-8-15/h4-11H,21H2,1-3H3,(H,22,26)(H,23,27). The number of aryl methyl sites for hydroxylation is 2. The third-order valence-electron chi connectivity index (χ3n) is 4.30. The molecule has 0 aliphatic rings. The zero-order valence-corrected chi connectivity index (χ0v) is 15.4. The summed E-state index contributed by atoms with van der Waals surface area (Å²) in [5, 5.41) is 9.80. The predicted octanol–water partition coefficient (Wildman–Crippen LogP) is 2.68. The Kier molecular flexibility index (Phi) is 4.94. The van der Waals surface area contributed by atoms with E-state index in [4.69, 9.17) is 5.73 Å². The largest absolute Gasteiger partial charge is 0.383 e. The van der Waals surface area contributed by atoms with E-state index in [9.17, 15) is 9.59 Å². The fourth-order valence-corrected chi connectivity index (χ4v) is 2.82. The van der Waals surface area contributed by atoms with Crippen LogP contribution in [0.25, 0.3) is 5.69 Å². The zero-order chi connectivity index (χ0) is 19.6. The van der Waals surface area contributed by atoms with Gasteiger partial charge in [-0.05, 0) is 43.7 Å². The number of hydrogen-bond donors (Lipinski definition) is 3. The molecule has 2 aromatic carbocycles. The number of anilines is 2. The van der Waals surface area contributed by atoms with Crippen molar-refractivity contribution in [3.63, 3.8) is 0 Å². The van der Waals surface area contributed by atoms with Gasteiger partial charge >= 0.3 is 0 Å². The second kappa shape index (κ2) is 7.33. The molecular weight excluding hydrogens is 342 g/mol. The van der Waals surface area contributed by atoms with Crippen LogP contribution in [0.1, 0.15) is 32.0 Å². The fourth-order valence-electron chi connectivity index (χ4n) is 2.82. The van der Waals surface area contributed by atoms with E-state index < -0.39 is 0 Å². The Morgan fingerprint density at radius 3 is 2.41 bits per heavy atom. The Bertz CT molecular complexity index is 1010. The van der Waals surface area contributed by atoms with E-state index in [1.807, 2.05) is 37.3 Å². The van der Waals surface area contributed by atoms with Crippen molar-refractivity contribution >= 4 is 23.3 Å². The lowest BCUT2D eigenvalue weighted by Crippen LogP contribution is -2.19. The van der Waals surface area contributed by atoms with Crippen molar-refractivity contribution in [1.82, 2.24) is 15.1 Å². The van der Waals surface area contributed by atoms with Crippen LogP contribution in [-0.2, 0) is 0 Å². The molecule has 0 saturated heterocycles. The summed E-state index contributed by atoms with van der Waals surface area (Å²) in [5.41, 5.74) is 9.65. The van der Waals surface area contributed by atoms with Crippen LogP contribution in [0, 0.1) is 13.8 Å². The van der Waals surface area contributed by atoms with Crippen molar-refractivity contribution in [2.24, 2.45) is 0 Å². The summed E-state index contributed by atoms with van der Waals surface area (Å²) in [6, 6.07) is 14.5. The number of nitrogens with zero attached hydrogens (tertiary/aromatic N) is 2. The highest BCUT2D eigenvalue weighted by Gasteiger charge is 2.21. The first-order valence-electron chi connectivity index (χ1n) is 8.47. The SMILES string of the molecule is CNC(=O)c1ccc(C)c(NC(=O)c2c(C)nn(-c3ccccc3)c2N)c1. The van der Waals surface area contributed by atoms with Gasteiger partial charge in [-0.3, -0.25) is 9.59 Å². The summed E-state index contributed by atoms with van der Waals surface area (Å²) >= 11 is 0. The minimum absolute atomic E-state index is 0.224. The molecule has 1 aromatic heterocycles. The normalized spacial score (nSPS) is 10.5. The summed E-state index contributed by atoms with van der Waals surface area (Å²) in [4.78, 5) is 24.7. The smallest absolute Gasteiger partial charge is 0.261 e. The lowest BCUT2D eigenvalue weighted by molar-refractivity contribution is 0.0961. The maximum atomic E-state index is 12.9. The van der Waals surface area contributed by atoms with E-state index in [0.29, 0.717) is 22.5 Å². The molecular formula is C20H21N5O2. The molecule has 0 saturated carbocycles. The van der Waals surface area contributed by atoms with E-state index in [-0.39, 0.29) is 17.6 Å². The van der Waals surface area contributed by atoms with Gasteiger partial charge in [0.25, 0.3) is 11.8 Å². The third-order valence-corrected chi connectivity index (χ3v) is 4.30. The van der Waals surface area contributed by atoms with Crippen LogP contribution < -0.4 is 16.4 Å². The summed E-state index contributed by atoms with van der Waals surface area (Å²) in [7, 11) is 1.56. The molecule has 138 valence electrons. The molecule has 0 aliphatic carbocycles. The molecule has 3 aromatic rings. The van der Waals surface area contributed by atoms with Crippen LogP contribution in [0.3, 0.4) is 0 Å². The van der Waals surface area contributed by atoms with E-state index >= 15 is 0 Å². The van der Waals surface area contributed by atoms with E-state index in [1.54, 1.807) is 32.2 Å². The highest BCUT2D eigenvalue weighted by molar-refractivity contribution is 6.09. The van der Waals surface area contributed by atoms with Gasteiger partial charge in [0.2, 0.25) is 0 Å². The van der Waals surface area contributed by atoms with Gasteiger partial charge < -0.3 is 16.4 Å². The number of amides is 2. The molecule has 4 N–H and O–H groups in total. The van der Waals surface area contributed by atoms with Gasteiger partial charge in [-0.2, -0.15) is 5.10 Å². The highest BCUT2D eigenvalue weighted by atomic mass is 16.2. The number of benzene rings is 2. The number of para-hydroxylation sites is 1. The first kappa shape index (κ1) is 18.2. The molecule has 0 unspecified atom stereocenters. The molecule has 0 fully saturated rings. The number of carbonyl (C=O) groups excluding carboxylic acids is 2. The summed E-state index contributed by atoms with van der Waals surface area (Å²) in [6.45, 7) is 3.59. The van der Waals surface area contributed by atoms with E-state index in [0.717, 1.165) is 11.3 Å². The number of nitrogens with two attached hydrogens (primary N) is 1. The van der Waals surface area contributed by atoms with Crippen LogP contribution in [0.5, 0.6) is 0 Å². The average Bonchev–Trinajstić information content (AvgIpc) is 2.97. The van der Waals surface area contributed by atoms with E-state index in [1.165, 1.54) is 4.68 Å². The minimum Gasteiger partial charge on any atom is -0.383 e. The molecule has 0 bridgehead atoms. The Labute approximate surface area is 157 Å². The number of carbonyl (C=O) groups is 2. The van der Waals surface area contributed by atoms with Crippen molar-refractivity contribution in [2.75, 3.05) is 18.1 Å². The van der Waals surface area contributed by atoms with Gasteiger partial charge in [-0.1, -0.05) is 24.3 Å². The van der Waals surface area contributed by atoms with Crippen molar-refractivity contribution in [1.29, 1.82) is 0 Å². The molecule has 0 atom stereocenters. The van der Waals surface area contributed by atoms with Crippen molar-refractivity contribution in [3.05, 3.63) is 70.9 Å². The summed E-state index contributed by atoms with van der Waals surface area (Å²) < 4.78 is 1.54. The first-order chi connectivity index (χ1) is 12.9. The maximum absolute atomic E-state index is 12.9. The van der Waals surface area contributed by atoms with Crippen molar-refractivity contribution < 1.29 is 9.59 Å². The first-order valence-corrected chi connectivity index (χ1v) is 8.47. The summed E-state index contributed by atoms with van der Waals surface area (Å²) in [5.74, 6) is -0.335. The molecule has 2 amide bonds. The summed E-state index contributed by atoms with van der Waals surface area (Å²) in [6.07, 6.45) is 0. The van der Waals surface area contributed by atoms with E-state index in [2.05, 4.69) is 15.7 Å². The maximum Gasteiger partial charge on any atom is 0.261 e. The second-order valence-corrected chi connectivity index (χ2v) is 6.16. The van der Waals surface area contributed by atoms with Crippen LogP contribution in [0.2, 0.25) is 0 Å². The van der Waals surface area contributed by atoms with Crippen LogP contribution in [0.4, 0.5) is 11.5 Å². The van der Waals surface area contributed by atoms with Crippen molar-refractivity contribution in [3.8, 4) is 5.69 Å². The van der Waals surface area contributed by atoms with Gasteiger partial charge in [0.15, 0.2) is 0 Å². The van der Waals surface area contributed by atoms with Gasteiger partial charge in [0.1, 0.15) is 11.4 Å². The highest BCUT2D eigenvalue weighted by Crippen LogP contribution is 2.23. The lowest BCUT2D eigenvalue weighted by atomic mass is 10.1. The molecule has 0 spiro atoms. The van der Waals surface area contributed by atoms with Gasteiger partial charge in [-0.15, -0.1) is 0 Å². The van der Waals surface area contributed by atoms with Gasteiger partial charge in [0, 0.05) is 18.3 Å². The average molecular weight is 363 g/mol. The Morgan fingerprint density at radius 1 is 1.04 bits per heavy atom. The number of aromatic nitrogens is 2. The third kappa shape index (κ3) is 3.52. The molecule has 1 heterocycles. The molecule has 27 heavy (non-hydrogen) atoms. The number of nitrogens with one attached hydrogen (secondary N) is 2. The fraction of sp³-hybridized carbons (Fsp3) is 0.150. The van der Waals surface area contributed by atoms with Crippen molar-refractivity contribution in [2.45, 2.75) is 13.8 Å². The Balaban J connectivity index is 1.94. The molecule has 7 nitrogen and oxygen atoms in total. The Hall–Kier alpha value is -3.61. The number of nitrogen functional groups attached to an aromatic ring is 1. The minimum atomic E-state index is -0.371. The number of hydrogen-bond acceptors (Lipinski definition) is 4. The lowest BCUT2D eigenvalue weighted by Gasteiger charge is -2.11. The molecule has 7 heteroatoms. The second-order valence-electron chi connectivity index (χ2n) is 6.16. The molecule has 0 radical (unpaired) electrons. The predicted molar refractivity (Wildman–Crippen MR) is 105 cm³/mol. The zero-order valence-electron chi connectivity index (χ0n) is 15.4. The molecule has 0 aliphatic heterocycles. The van der Waals surface area contributed by atoms with Gasteiger partial charge in [-0.25, -0.2) is 4.68 Å². The van der Waals surface area contributed by atoms with Crippen LogP contribution in [0.15, 0.2) is 48.5 Å². The monoisotopic (exact) mass is 363 g/mol. The van der Waals surface area contributed by atoms with Gasteiger partial charge in [0.05, 0.1) is 11.4 Å². The Morgan fingerprint density at radius 2 is 1.74 bits per heavy atom. The quantitative estimate of drug-likeness (QED) is 0.663. The topological polar surface area (TPSA) is 102 Å². The van der Waals surface area contributed by atoms with Crippen LogP contribution >= 0.6 is 0 Å².